The van der Waals surface area contributed by atoms with E-state index in [2.05, 4.69) is 62.1 Å². The minimum atomic E-state index is -1.78. The number of carbonyl (C=O) groups excluding carboxylic acids is 2. The summed E-state index contributed by atoms with van der Waals surface area (Å²) in [5.41, 5.74) is 0. The van der Waals surface area contributed by atoms with E-state index in [4.69, 9.17) is 28.4 Å². The monoisotopic (exact) mass is 993 g/mol. The van der Waals surface area contributed by atoms with E-state index in [-0.39, 0.29) is 19.4 Å². The molecule has 2 saturated heterocycles. The van der Waals surface area contributed by atoms with Gasteiger partial charge in [0.1, 0.15) is 55.4 Å². The normalized spacial score (nSPS) is 25.8. The van der Waals surface area contributed by atoms with Crippen LogP contribution in [0.25, 0.3) is 0 Å². The van der Waals surface area contributed by atoms with E-state index in [1.165, 1.54) is 70.6 Å². The molecule has 0 aromatic rings. The summed E-state index contributed by atoms with van der Waals surface area (Å²) in [7, 11) is 0. The third-order valence-electron chi connectivity index (χ3n) is 12.3. The third kappa shape index (κ3) is 28.8. The number of hydrogen-bond acceptors (Lipinski definition) is 15. The fraction of sp³-hybridized carbons (Fsp3) is 0.745. The zero-order chi connectivity index (χ0) is 51.0. The van der Waals surface area contributed by atoms with Gasteiger partial charge in [-0.15, -0.1) is 6.58 Å². The van der Waals surface area contributed by atoms with Crippen LogP contribution in [-0.4, -0.2) is 142 Å². The molecule has 15 heteroatoms. The molecule has 0 aromatic heterocycles. The molecule has 0 bridgehead atoms. The lowest BCUT2D eigenvalue weighted by atomic mass is 9.98. The van der Waals surface area contributed by atoms with E-state index >= 15 is 0 Å². The molecule has 2 rings (SSSR count). The molecule has 0 saturated carbocycles. The van der Waals surface area contributed by atoms with Crippen molar-refractivity contribution in [2.24, 2.45) is 0 Å². The molecule has 4 unspecified atom stereocenters. The van der Waals surface area contributed by atoms with Crippen LogP contribution in [0.3, 0.4) is 0 Å². The molecule has 402 valence electrons. The molecule has 0 spiro atoms. The first-order chi connectivity index (χ1) is 34.0. The Hall–Kier alpha value is -3.06. The highest BCUT2D eigenvalue weighted by Crippen LogP contribution is 2.26. The summed E-state index contributed by atoms with van der Waals surface area (Å²) < 4.78 is 33.5. The highest BCUT2D eigenvalue weighted by Gasteiger charge is 2.47. The van der Waals surface area contributed by atoms with Gasteiger partial charge in [-0.2, -0.15) is 0 Å². The van der Waals surface area contributed by atoms with Gasteiger partial charge < -0.3 is 64.2 Å². The van der Waals surface area contributed by atoms with Gasteiger partial charge in [-0.25, -0.2) is 0 Å². The minimum Gasteiger partial charge on any atom is -0.462 e. The highest BCUT2D eigenvalue weighted by molar-refractivity contribution is 5.70. The van der Waals surface area contributed by atoms with Gasteiger partial charge in [-0.05, 0) is 64.2 Å². The van der Waals surface area contributed by atoms with Crippen LogP contribution in [0.4, 0.5) is 0 Å². The predicted molar refractivity (Wildman–Crippen MR) is 270 cm³/mol. The molecule has 0 aromatic carbocycles. The number of aliphatic hydroxyl groups excluding tert-OH is 7. The molecular weight excluding hydrogens is 901 g/mol. The zero-order valence-corrected chi connectivity index (χ0v) is 42.3. The van der Waals surface area contributed by atoms with Gasteiger partial charge in [0.25, 0.3) is 0 Å². The lowest BCUT2D eigenvalue weighted by Gasteiger charge is -2.42. The molecule has 15 nitrogen and oxygen atoms in total. The molecular formula is C55H92O15. The van der Waals surface area contributed by atoms with Gasteiger partial charge in [0.2, 0.25) is 0 Å². The SMILES string of the molecule is C=CCCCCCCCCCCCCCCCC(=O)O[C@@H](COC(=O)CC/C=C/C/C=C/C/C=C/C/C=C/C/C=C/CCCCC)CO[C@@H]1O[C@H](CO[C@@H]2O[C@H](CO)[C@H](O)C(O)C2O)[C@H](O)C(O)C1O. The van der Waals surface area contributed by atoms with Gasteiger partial charge >= 0.3 is 11.9 Å². The second-order valence-electron chi connectivity index (χ2n) is 18.4. The number of rotatable bonds is 41. The van der Waals surface area contributed by atoms with Crippen LogP contribution in [0.2, 0.25) is 0 Å². The Labute approximate surface area is 419 Å². The summed E-state index contributed by atoms with van der Waals surface area (Å²) in [4.78, 5) is 25.8. The lowest BCUT2D eigenvalue weighted by molar-refractivity contribution is -0.332. The average Bonchev–Trinajstić information content (AvgIpc) is 3.35. The average molecular weight is 993 g/mol. The summed E-state index contributed by atoms with van der Waals surface area (Å²) in [6, 6.07) is 0. The van der Waals surface area contributed by atoms with Crippen LogP contribution >= 0.6 is 0 Å². The van der Waals surface area contributed by atoms with Crippen LogP contribution in [-0.2, 0) is 38.0 Å². The second kappa shape index (κ2) is 41.4. The first-order valence-corrected chi connectivity index (χ1v) is 26.5. The number of carbonyl (C=O) groups is 2. The maximum atomic E-state index is 13.0. The largest absolute Gasteiger partial charge is 0.462 e. The maximum Gasteiger partial charge on any atom is 0.306 e. The fourth-order valence-electron chi connectivity index (χ4n) is 7.94. The highest BCUT2D eigenvalue weighted by atomic mass is 16.7. The number of hydrogen-bond donors (Lipinski definition) is 7. The van der Waals surface area contributed by atoms with E-state index in [9.17, 15) is 45.3 Å². The summed E-state index contributed by atoms with van der Waals surface area (Å²) in [5, 5.41) is 72.1. The molecule has 2 fully saturated rings. The Morgan fingerprint density at radius 1 is 0.500 bits per heavy atom. The Morgan fingerprint density at radius 3 is 1.49 bits per heavy atom. The number of esters is 2. The Morgan fingerprint density at radius 2 is 0.957 bits per heavy atom. The molecule has 2 heterocycles. The molecule has 70 heavy (non-hydrogen) atoms. The van der Waals surface area contributed by atoms with E-state index in [1.807, 2.05) is 18.2 Å². The van der Waals surface area contributed by atoms with Crippen molar-refractivity contribution in [2.45, 2.75) is 235 Å². The van der Waals surface area contributed by atoms with Crippen molar-refractivity contribution in [1.29, 1.82) is 0 Å². The summed E-state index contributed by atoms with van der Waals surface area (Å²) >= 11 is 0. The topological polar surface area (TPSA) is 231 Å². The van der Waals surface area contributed by atoms with E-state index in [0.717, 1.165) is 64.2 Å². The van der Waals surface area contributed by atoms with Gasteiger partial charge in [0, 0.05) is 12.8 Å². The van der Waals surface area contributed by atoms with E-state index < -0.39 is 99.3 Å². The molecule has 11 atom stereocenters. The van der Waals surface area contributed by atoms with Crippen molar-refractivity contribution >= 4 is 11.9 Å². The van der Waals surface area contributed by atoms with Crippen LogP contribution < -0.4 is 0 Å². The number of unbranched alkanes of at least 4 members (excludes halogenated alkanes) is 16. The zero-order valence-electron chi connectivity index (χ0n) is 42.3. The van der Waals surface area contributed by atoms with Crippen molar-refractivity contribution in [3.05, 3.63) is 73.4 Å². The lowest BCUT2D eigenvalue weighted by Crippen LogP contribution is -2.61. The van der Waals surface area contributed by atoms with Crippen molar-refractivity contribution < 1.29 is 73.8 Å². The van der Waals surface area contributed by atoms with E-state index in [0.29, 0.717) is 12.8 Å². The number of aliphatic hydroxyl groups is 7. The summed E-state index contributed by atoms with van der Waals surface area (Å²) in [6.45, 7) is 4.01. The molecule has 7 N–H and O–H groups in total. The molecule has 0 amide bonds. The Bertz CT molecular complexity index is 1480. The predicted octanol–water partition coefficient (Wildman–Crippen LogP) is 7.82. The van der Waals surface area contributed by atoms with Crippen LogP contribution in [0.5, 0.6) is 0 Å². The van der Waals surface area contributed by atoms with Crippen LogP contribution in [0.1, 0.15) is 167 Å². The molecule has 2 aliphatic heterocycles. The quantitative estimate of drug-likeness (QED) is 0.0176. The van der Waals surface area contributed by atoms with Crippen LogP contribution in [0.15, 0.2) is 73.4 Å². The van der Waals surface area contributed by atoms with Crippen molar-refractivity contribution in [2.75, 3.05) is 26.4 Å². The van der Waals surface area contributed by atoms with Gasteiger partial charge in [-0.3, -0.25) is 9.59 Å². The standard InChI is InChI=1S/C55H92O15/c1-3-5-7-9-11-13-15-17-19-20-21-22-24-25-27-29-31-33-35-37-46(57)65-40-43(68-47(58)38-36-34-32-30-28-26-23-18-16-14-12-10-8-6-4-2)41-66-54-53(64)51(62)49(60)45(70-54)42-67-55-52(63)50(61)48(59)44(39-56)69-55/h4,11,13,17,19,21-22,25,27,31,33,43-45,48-56,59-64H,2-3,5-10,12,14-16,18,20,23-24,26,28-30,32,34-42H2,1H3/b13-11+,19-17+,22-21+,27-25+,33-31+/t43-,44+,45+,48-,49-,50?,51?,52?,53?,54+,55+/m0/s1. The number of ether oxygens (including phenoxy) is 6. The van der Waals surface area contributed by atoms with Gasteiger partial charge in [-0.1, -0.05) is 157 Å². The number of allylic oxidation sites excluding steroid dienone is 11. The Kier molecular flexibility index (Phi) is 37.3. The minimum absolute atomic E-state index is 0.0910. The second-order valence-corrected chi connectivity index (χ2v) is 18.4. The summed E-state index contributed by atoms with van der Waals surface area (Å²) in [5.74, 6) is -1.03. The third-order valence-corrected chi connectivity index (χ3v) is 12.3. The van der Waals surface area contributed by atoms with Crippen molar-refractivity contribution in [1.82, 2.24) is 0 Å². The fourth-order valence-corrected chi connectivity index (χ4v) is 7.94. The smallest absolute Gasteiger partial charge is 0.306 e. The molecule has 0 aliphatic carbocycles. The summed E-state index contributed by atoms with van der Waals surface area (Å²) in [6.07, 6.45) is 31.1. The van der Waals surface area contributed by atoms with E-state index in [1.54, 1.807) is 0 Å². The Balaban J connectivity index is 1.83. The molecule has 0 radical (unpaired) electrons. The van der Waals surface area contributed by atoms with Crippen molar-refractivity contribution in [3.63, 3.8) is 0 Å². The van der Waals surface area contributed by atoms with Crippen molar-refractivity contribution in [3.8, 4) is 0 Å². The molecule has 2 aliphatic rings. The van der Waals surface area contributed by atoms with Gasteiger partial charge in [0.05, 0.1) is 19.8 Å². The first-order valence-electron chi connectivity index (χ1n) is 26.5. The van der Waals surface area contributed by atoms with Crippen LogP contribution in [0, 0.1) is 0 Å². The van der Waals surface area contributed by atoms with Gasteiger partial charge in [0.15, 0.2) is 18.7 Å². The maximum absolute atomic E-state index is 13.0. The first kappa shape index (κ1) is 63.1.